The molecule has 0 aliphatic carbocycles. The molecule has 1 N–H and O–H groups in total. The Labute approximate surface area is 130 Å². The fraction of sp³-hybridized carbons (Fsp3) is 0.438. The zero-order valence-electron chi connectivity index (χ0n) is 12.2. The van der Waals surface area contributed by atoms with Gasteiger partial charge in [0.05, 0.1) is 18.2 Å². The number of halogens is 1. The second kappa shape index (κ2) is 7.93. The van der Waals surface area contributed by atoms with Crippen LogP contribution in [-0.4, -0.2) is 25.7 Å². The largest absolute Gasteiger partial charge is 0.489 e. The van der Waals surface area contributed by atoms with Gasteiger partial charge >= 0.3 is 0 Å². The molecule has 1 aromatic rings. The number of nitrogens with one attached hydrogen (secondary N) is 1. The molecule has 1 aromatic carbocycles. The van der Waals surface area contributed by atoms with E-state index in [0.29, 0.717) is 36.3 Å². The number of carbonyl (C=O) groups excluding carboxylic acids is 1. The van der Waals surface area contributed by atoms with Crippen molar-refractivity contribution in [2.24, 2.45) is 0 Å². The Bertz CT molecular complexity index is 528. The van der Waals surface area contributed by atoms with Gasteiger partial charge in [-0.2, -0.15) is 0 Å². The van der Waals surface area contributed by atoms with E-state index in [1.54, 1.807) is 12.1 Å². The number of hydrogen-bond acceptors (Lipinski definition) is 3. The predicted molar refractivity (Wildman–Crippen MR) is 84.0 cm³/mol. The summed E-state index contributed by atoms with van der Waals surface area (Å²) < 4.78 is 11.2. The smallest absolute Gasteiger partial charge is 0.243 e. The van der Waals surface area contributed by atoms with E-state index < -0.39 is 0 Å². The molecule has 5 heteroatoms. The van der Waals surface area contributed by atoms with E-state index in [1.807, 2.05) is 6.07 Å². The lowest BCUT2D eigenvalue weighted by Crippen LogP contribution is -2.21. The number of benzene rings is 1. The van der Waals surface area contributed by atoms with Crippen LogP contribution in [0.3, 0.4) is 0 Å². The molecule has 0 atom stereocenters. The van der Waals surface area contributed by atoms with Gasteiger partial charge in [0.15, 0.2) is 11.5 Å². The predicted octanol–water partition coefficient (Wildman–Crippen LogP) is 3.43. The zero-order valence-corrected chi connectivity index (χ0v) is 12.9. The monoisotopic (exact) mass is 309 g/mol. The van der Waals surface area contributed by atoms with E-state index in [4.69, 9.17) is 21.1 Å². The van der Waals surface area contributed by atoms with Gasteiger partial charge in [0.25, 0.3) is 0 Å². The van der Waals surface area contributed by atoms with Gasteiger partial charge in [-0.15, -0.1) is 0 Å². The van der Waals surface area contributed by atoms with Crippen LogP contribution in [-0.2, 0) is 4.79 Å². The standard InChI is InChI=1S/C16H20ClNO3/c1-2-3-7-18-15(19)6-5-12-10-13(17)16-14(11-12)20-8-4-9-21-16/h5-6,10-11H,2-4,7-9H2,1H3,(H,18,19)/b6-5-. The van der Waals surface area contributed by atoms with Crippen LogP contribution in [0.1, 0.15) is 31.7 Å². The molecule has 0 unspecified atom stereocenters. The van der Waals surface area contributed by atoms with E-state index in [-0.39, 0.29) is 5.91 Å². The number of hydrogen-bond donors (Lipinski definition) is 1. The summed E-state index contributed by atoms with van der Waals surface area (Å²) in [6, 6.07) is 3.60. The molecule has 0 fully saturated rings. The summed E-state index contributed by atoms with van der Waals surface area (Å²) in [7, 11) is 0. The second-order valence-corrected chi connectivity index (χ2v) is 5.27. The number of ether oxygens (including phenoxy) is 2. The molecule has 0 aromatic heterocycles. The van der Waals surface area contributed by atoms with Crippen LogP contribution in [0.5, 0.6) is 11.5 Å². The minimum atomic E-state index is -0.105. The van der Waals surface area contributed by atoms with Crippen LogP contribution in [0.4, 0.5) is 0 Å². The van der Waals surface area contributed by atoms with Crippen molar-refractivity contribution in [3.05, 3.63) is 28.8 Å². The second-order valence-electron chi connectivity index (χ2n) is 4.86. The normalized spacial score (nSPS) is 14.0. The number of rotatable bonds is 5. The maximum Gasteiger partial charge on any atom is 0.243 e. The highest BCUT2D eigenvalue weighted by atomic mass is 35.5. The molecule has 1 amide bonds. The summed E-state index contributed by atoms with van der Waals surface area (Å²) in [6.07, 6.45) is 6.10. The van der Waals surface area contributed by atoms with Crippen molar-refractivity contribution < 1.29 is 14.3 Å². The van der Waals surface area contributed by atoms with Gasteiger partial charge in [-0.05, 0) is 30.2 Å². The van der Waals surface area contributed by atoms with Crippen LogP contribution >= 0.6 is 11.6 Å². The molecule has 0 radical (unpaired) electrons. The summed E-state index contributed by atoms with van der Waals surface area (Å²) >= 11 is 6.20. The topological polar surface area (TPSA) is 47.6 Å². The number of fused-ring (bicyclic) bond motifs is 1. The fourth-order valence-corrected chi connectivity index (χ4v) is 2.24. The Hall–Kier alpha value is -1.68. The van der Waals surface area contributed by atoms with Crippen molar-refractivity contribution in [1.82, 2.24) is 5.32 Å². The van der Waals surface area contributed by atoms with Crippen LogP contribution in [0.15, 0.2) is 18.2 Å². The first-order valence-electron chi connectivity index (χ1n) is 7.25. The highest BCUT2D eigenvalue weighted by Gasteiger charge is 2.14. The first kappa shape index (κ1) is 15.7. The average molecular weight is 310 g/mol. The SMILES string of the molecule is CCCCNC(=O)/C=C\c1cc(Cl)c2c(c1)OCCCO2. The summed E-state index contributed by atoms with van der Waals surface area (Å²) in [5.74, 6) is 1.11. The molecule has 1 aliphatic rings. The Morgan fingerprint density at radius 1 is 1.38 bits per heavy atom. The molecule has 1 heterocycles. The Morgan fingerprint density at radius 3 is 3.00 bits per heavy atom. The van der Waals surface area contributed by atoms with Crippen molar-refractivity contribution in [2.75, 3.05) is 19.8 Å². The summed E-state index contributed by atoms with van der Waals surface area (Å²) in [5.41, 5.74) is 0.815. The van der Waals surface area contributed by atoms with Gasteiger partial charge in [-0.3, -0.25) is 4.79 Å². The Kier molecular flexibility index (Phi) is 5.93. The van der Waals surface area contributed by atoms with Gasteiger partial charge in [0.1, 0.15) is 0 Å². The summed E-state index contributed by atoms with van der Waals surface area (Å²) in [6.45, 7) is 3.99. The van der Waals surface area contributed by atoms with Crippen molar-refractivity contribution >= 4 is 23.6 Å². The third-order valence-electron chi connectivity index (χ3n) is 3.08. The molecule has 0 saturated carbocycles. The van der Waals surface area contributed by atoms with Gasteiger partial charge in [-0.25, -0.2) is 0 Å². The summed E-state index contributed by atoms with van der Waals surface area (Å²) in [4.78, 5) is 11.6. The molecule has 0 bridgehead atoms. The number of amides is 1. The van der Waals surface area contributed by atoms with E-state index in [9.17, 15) is 4.79 Å². The first-order chi connectivity index (χ1) is 10.2. The maximum atomic E-state index is 11.6. The Balaban J connectivity index is 2.05. The van der Waals surface area contributed by atoms with Crippen molar-refractivity contribution in [1.29, 1.82) is 0 Å². The van der Waals surface area contributed by atoms with E-state index in [2.05, 4.69) is 12.2 Å². The third-order valence-corrected chi connectivity index (χ3v) is 3.36. The van der Waals surface area contributed by atoms with E-state index >= 15 is 0 Å². The van der Waals surface area contributed by atoms with Gasteiger partial charge in [0, 0.05) is 19.0 Å². The molecule has 4 nitrogen and oxygen atoms in total. The van der Waals surface area contributed by atoms with Crippen LogP contribution in [0.25, 0.3) is 6.08 Å². The molecule has 0 spiro atoms. The van der Waals surface area contributed by atoms with Gasteiger partial charge < -0.3 is 14.8 Å². The molecule has 114 valence electrons. The van der Waals surface area contributed by atoms with E-state index in [0.717, 1.165) is 24.8 Å². The fourth-order valence-electron chi connectivity index (χ4n) is 1.97. The quantitative estimate of drug-likeness (QED) is 0.669. The lowest BCUT2D eigenvalue weighted by Gasteiger charge is -2.09. The van der Waals surface area contributed by atoms with Crippen molar-refractivity contribution in [2.45, 2.75) is 26.2 Å². The lowest BCUT2D eigenvalue weighted by molar-refractivity contribution is -0.116. The van der Waals surface area contributed by atoms with Crippen LogP contribution in [0.2, 0.25) is 5.02 Å². The average Bonchev–Trinajstić information content (AvgIpc) is 2.71. The van der Waals surface area contributed by atoms with Crippen LogP contribution < -0.4 is 14.8 Å². The number of carbonyl (C=O) groups is 1. The third kappa shape index (κ3) is 4.67. The number of unbranched alkanes of at least 4 members (excludes halogenated alkanes) is 1. The maximum absolute atomic E-state index is 11.6. The molecule has 0 saturated heterocycles. The van der Waals surface area contributed by atoms with E-state index in [1.165, 1.54) is 6.08 Å². The van der Waals surface area contributed by atoms with Gasteiger partial charge in [-0.1, -0.05) is 24.9 Å². The molecule has 2 rings (SSSR count). The zero-order chi connectivity index (χ0) is 15.1. The van der Waals surface area contributed by atoms with Gasteiger partial charge in [0.2, 0.25) is 5.91 Å². The van der Waals surface area contributed by atoms with Crippen molar-refractivity contribution in [3.63, 3.8) is 0 Å². The minimum Gasteiger partial charge on any atom is -0.489 e. The molecule has 1 aliphatic heterocycles. The summed E-state index contributed by atoms with van der Waals surface area (Å²) in [5, 5.41) is 3.33. The van der Waals surface area contributed by atoms with Crippen LogP contribution in [0, 0.1) is 0 Å². The first-order valence-corrected chi connectivity index (χ1v) is 7.63. The molecule has 21 heavy (non-hydrogen) atoms. The highest BCUT2D eigenvalue weighted by molar-refractivity contribution is 6.32. The molecular weight excluding hydrogens is 290 g/mol. The Morgan fingerprint density at radius 2 is 2.19 bits per heavy atom. The van der Waals surface area contributed by atoms with Crippen molar-refractivity contribution in [3.8, 4) is 11.5 Å². The highest BCUT2D eigenvalue weighted by Crippen LogP contribution is 2.38. The minimum absolute atomic E-state index is 0.105. The molecular formula is C16H20ClNO3. The lowest BCUT2D eigenvalue weighted by atomic mass is 10.2.